The summed E-state index contributed by atoms with van der Waals surface area (Å²) < 4.78 is 0. The van der Waals surface area contributed by atoms with Gasteiger partial charge in [0.2, 0.25) is 0 Å². The van der Waals surface area contributed by atoms with Gasteiger partial charge in [-0.2, -0.15) is 0 Å². The molecule has 10 aromatic carbocycles. The van der Waals surface area contributed by atoms with Crippen molar-refractivity contribution in [3.8, 4) is 22.3 Å². The van der Waals surface area contributed by atoms with Crippen LogP contribution in [0.4, 0.5) is 0 Å². The average Bonchev–Trinajstić information content (AvgIpc) is 3.13. The Balaban J connectivity index is 1.40. The Bertz CT molecular complexity index is 2850. The van der Waals surface area contributed by atoms with Crippen molar-refractivity contribution in [1.29, 1.82) is 0 Å². The fourth-order valence-corrected chi connectivity index (χ4v) is 7.97. The molecule has 0 unspecified atom stereocenters. The van der Waals surface area contributed by atoms with Crippen LogP contribution in [-0.4, -0.2) is 0 Å². The van der Waals surface area contributed by atoms with Gasteiger partial charge in [0, 0.05) is 0 Å². The zero-order chi connectivity index (χ0) is 30.2. The standard InChI is InChI=1S/C46H28/c1-4-14-34-29(11-1)21-22-32-27-33(24-25-36(32)34)44-40-19-9-10-20-41(40)46(45-37-16-6-2-12-30(37)23-26-42(44)45)43-28-31-13-3-5-15-35(31)38-17-7-8-18-39(38)43/h1-28H. The minimum atomic E-state index is 1.24. The molecule has 0 N–H and O–H groups in total. The molecule has 0 aliphatic rings. The van der Waals surface area contributed by atoms with Gasteiger partial charge in [0.15, 0.2) is 0 Å². The molecule has 0 nitrogen and oxygen atoms in total. The maximum atomic E-state index is 2.42. The Morgan fingerprint density at radius 1 is 0.239 bits per heavy atom. The first-order valence-electron chi connectivity index (χ1n) is 16.0. The lowest BCUT2D eigenvalue weighted by Crippen LogP contribution is -1.93. The van der Waals surface area contributed by atoms with E-state index >= 15 is 0 Å². The minimum absolute atomic E-state index is 1.24. The molecule has 0 heterocycles. The van der Waals surface area contributed by atoms with Gasteiger partial charge in [-0.25, -0.2) is 0 Å². The van der Waals surface area contributed by atoms with Crippen molar-refractivity contribution in [2.75, 3.05) is 0 Å². The average molecular weight is 581 g/mol. The molecule has 0 saturated heterocycles. The van der Waals surface area contributed by atoms with Crippen LogP contribution in [0.5, 0.6) is 0 Å². The SMILES string of the molecule is c1ccc2c(c1)ccc1cc(-c3c4ccccc4c(-c4cc5ccccc5c5ccccc45)c4c3ccc3ccccc34)ccc12. The van der Waals surface area contributed by atoms with E-state index in [-0.39, 0.29) is 0 Å². The molecule has 10 aromatic rings. The highest BCUT2D eigenvalue weighted by Gasteiger charge is 2.21. The van der Waals surface area contributed by atoms with E-state index in [2.05, 4.69) is 170 Å². The predicted molar refractivity (Wildman–Crippen MR) is 200 cm³/mol. The van der Waals surface area contributed by atoms with E-state index in [9.17, 15) is 0 Å². The molecule has 0 radical (unpaired) electrons. The quantitative estimate of drug-likeness (QED) is 0.141. The molecule has 212 valence electrons. The molecule has 0 atom stereocenters. The van der Waals surface area contributed by atoms with E-state index in [1.165, 1.54) is 97.7 Å². The zero-order valence-electron chi connectivity index (χ0n) is 25.2. The van der Waals surface area contributed by atoms with Gasteiger partial charge in [-0.3, -0.25) is 0 Å². The number of fused-ring (bicyclic) bond motifs is 10. The molecule has 10 rings (SSSR count). The third-order valence-electron chi connectivity index (χ3n) is 9.99. The van der Waals surface area contributed by atoms with E-state index in [4.69, 9.17) is 0 Å². The highest BCUT2D eigenvalue weighted by Crippen LogP contribution is 2.48. The second-order valence-corrected chi connectivity index (χ2v) is 12.4. The number of hydrogen-bond donors (Lipinski definition) is 0. The molecule has 0 heteroatoms. The minimum Gasteiger partial charge on any atom is -0.0616 e. The van der Waals surface area contributed by atoms with Crippen molar-refractivity contribution >= 4 is 75.4 Å². The monoisotopic (exact) mass is 580 g/mol. The summed E-state index contributed by atoms with van der Waals surface area (Å²) in [6, 6.07) is 62.9. The van der Waals surface area contributed by atoms with Crippen LogP contribution in [0.25, 0.3) is 97.7 Å². The van der Waals surface area contributed by atoms with Crippen molar-refractivity contribution in [2.24, 2.45) is 0 Å². The fourth-order valence-electron chi connectivity index (χ4n) is 7.97. The van der Waals surface area contributed by atoms with Gasteiger partial charge < -0.3 is 0 Å². The van der Waals surface area contributed by atoms with Crippen molar-refractivity contribution in [3.05, 3.63) is 170 Å². The van der Waals surface area contributed by atoms with Crippen molar-refractivity contribution in [1.82, 2.24) is 0 Å². The van der Waals surface area contributed by atoms with E-state index in [1.54, 1.807) is 0 Å². The molecule has 0 bridgehead atoms. The van der Waals surface area contributed by atoms with Gasteiger partial charge in [-0.15, -0.1) is 0 Å². The van der Waals surface area contributed by atoms with Crippen molar-refractivity contribution in [2.45, 2.75) is 0 Å². The van der Waals surface area contributed by atoms with Crippen LogP contribution in [-0.2, 0) is 0 Å². The van der Waals surface area contributed by atoms with Crippen molar-refractivity contribution in [3.63, 3.8) is 0 Å². The Morgan fingerprint density at radius 3 is 1.46 bits per heavy atom. The summed E-state index contributed by atoms with van der Waals surface area (Å²) in [5.41, 5.74) is 5.12. The molecular formula is C46H28. The summed E-state index contributed by atoms with van der Waals surface area (Å²) in [6.07, 6.45) is 0. The van der Waals surface area contributed by atoms with Gasteiger partial charge >= 0.3 is 0 Å². The van der Waals surface area contributed by atoms with Gasteiger partial charge in [-0.1, -0.05) is 158 Å². The van der Waals surface area contributed by atoms with Gasteiger partial charge in [-0.05, 0) is 110 Å². The summed E-state index contributed by atoms with van der Waals surface area (Å²) in [4.78, 5) is 0. The van der Waals surface area contributed by atoms with Crippen molar-refractivity contribution < 1.29 is 0 Å². The highest BCUT2D eigenvalue weighted by molar-refractivity contribution is 6.31. The van der Waals surface area contributed by atoms with Gasteiger partial charge in [0.05, 0.1) is 0 Å². The summed E-state index contributed by atoms with van der Waals surface area (Å²) in [7, 11) is 0. The Hall–Kier alpha value is -5.98. The van der Waals surface area contributed by atoms with Gasteiger partial charge in [0.25, 0.3) is 0 Å². The summed E-state index contributed by atoms with van der Waals surface area (Å²) in [5, 5.41) is 17.9. The van der Waals surface area contributed by atoms with Crippen LogP contribution >= 0.6 is 0 Å². The molecular weight excluding hydrogens is 553 g/mol. The predicted octanol–water partition coefficient (Wildman–Crippen LogP) is 13.1. The number of rotatable bonds is 2. The molecule has 0 fully saturated rings. The van der Waals surface area contributed by atoms with E-state index < -0.39 is 0 Å². The lowest BCUT2D eigenvalue weighted by atomic mass is 9.82. The zero-order valence-corrected chi connectivity index (χ0v) is 25.2. The van der Waals surface area contributed by atoms with Crippen LogP contribution in [0.2, 0.25) is 0 Å². The molecule has 0 aromatic heterocycles. The maximum absolute atomic E-state index is 2.42. The normalized spacial score (nSPS) is 11.9. The molecule has 46 heavy (non-hydrogen) atoms. The third kappa shape index (κ3) is 3.62. The van der Waals surface area contributed by atoms with E-state index in [0.29, 0.717) is 0 Å². The number of benzene rings is 10. The Kier molecular flexibility index (Phi) is 5.38. The van der Waals surface area contributed by atoms with Crippen LogP contribution in [0.1, 0.15) is 0 Å². The summed E-state index contributed by atoms with van der Waals surface area (Å²) >= 11 is 0. The third-order valence-corrected chi connectivity index (χ3v) is 9.99. The maximum Gasteiger partial charge on any atom is -0.00137 e. The van der Waals surface area contributed by atoms with Gasteiger partial charge in [0.1, 0.15) is 0 Å². The lowest BCUT2D eigenvalue weighted by molar-refractivity contribution is 1.70. The topological polar surface area (TPSA) is 0 Å². The number of hydrogen-bond acceptors (Lipinski definition) is 0. The van der Waals surface area contributed by atoms with Crippen LogP contribution in [0.3, 0.4) is 0 Å². The summed E-state index contributed by atoms with van der Waals surface area (Å²) in [6.45, 7) is 0. The second-order valence-electron chi connectivity index (χ2n) is 12.4. The molecule has 0 aliphatic heterocycles. The smallest absolute Gasteiger partial charge is 0.00137 e. The first-order chi connectivity index (χ1) is 22.8. The highest BCUT2D eigenvalue weighted by atomic mass is 14.2. The Morgan fingerprint density at radius 2 is 0.696 bits per heavy atom. The molecule has 0 amide bonds. The molecule has 0 aliphatic carbocycles. The fraction of sp³-hybridized carbons (Fsp3) is 0. The Labute approximate surface area is 266 Å². The van der Waals surface area contributed by atoms with Crippen LogP contribution in [0, 0.1) is 0 Å². The van der Waals surface area contributed by atoms with E-state index in [0.717, 1.165) is 0 Å². The molecule has 0 saturated carbocycles. The second kappa shape index (κ2) is 9.76. The van der Waals surface area contributed by atoms with Crippen LogP contribution in [0.15, 0.2) is 170 Å². The largest absolute Gasteiger partial charge is 0.0616 e. The first-order valence-corrected chi connectivity index (χ1v) is 16.0. The lowest BCUT2D eigenvalue weighted by Gasteiger charge is -2.21. The van der Waals surface area contributed by atoms with Crippen LogP contribution < -0.4 is 0 Å². The summed E-state index contributed by atoms with van der Waals surface area (Å²) in [5.74, 6) is 0. The van der Waals surface area contributed by atoms with E-state index in [1.807, 2.05) is 0 Å². The first kappa shape index (κ1) is 25.4. The molecule has 0 spiro atoms.